The average Bonchev–Trinajstić information content (AvgIpc) is 3.44. The molecule has 188 valence electrons. The first-order valence-electron chi connectivity index (χ1n) is 11.6. The molecule has 0 aliphatic carbocycles. The predicted molar refractivity (Wildman–Crippen MR) is 138 cm³/mol. The van der Waals surface area contributed by atoms with Crippen LogP contribution in [0.1, 0.15) is 35.8 Å². The van der Waals surface area contributed by atoms with E-state index in [1.165, 1.54) is 18.4 Å². The van der Waals surface area contributed by atoms with E-state index < -0.39 is 35.8 Å². The molecule has 8 heteroatoms. The summed E-state index contributed by atoms with van der Waals surface area (Å²) in [6, 6.07) is 21.1. The number of aliphatic imine (C=N–C) groups is 1. The summed E-state index contributed by atoms with van der Waals surface area (Å²) in [5.74, 6) is -4.66. The van der Waals surface area contributed by atoms with Gasteiger partial charge in [-0.2, -0.15) is 0 Å². The Morgan fingerprint density at radius 1 is 0.778 bits per heavy atom. The van der Waals surface area contributed by atoms with Gasteiger partial charge in [0.05, 0.1) is 32.0 Å². The van der Waals surface area contributed by atoms with Gasteiger partial charge in [0.15, 0.2) is 12.0 Å². The van der Waals surface area contributed by atoms with Gasteiger partial charge in [0.25, 0.3) is 0 Å². The molecule has 0 fully saturated rings. The number of benzene rings is 2. The molecule has 0 spiro atoms. The van der Waals surface area contributed by atoms with Gasteiger partial charge in [-0.25, -0.2) is 4.79 Å². The molecule has 0 amide bonds. The molecule has 2 aromatic carbocycles. The van der Waals surface area contributed by atoms with E-state index in [-0.39, 0.29) is 13.2 Å². The van der Waals surface area contributed by atoms with Gasteiger partial charge in [-0.3, -0.25) is 14.6 Å². The molecule has 0 aliphatic rings. The largest absolute Gasteiger partial charge is 0.467 e. The van der Waals surface area contributed by atoms with Crippen molar-refractivity contribution in [1.82, 2.24) is 0 Å². The van der Waals surface area contributed by atoms with Crippen LogP contribution in [0.25, 0.3) is 0 Å². The first kappa shape index (κ1) is 26.8. The third-order valence-corrected chi connectivity index (χ3v) is 6.43. The highest BCUT2D eigenvalue weighted by Gasteiger charge is 2.46. The molecule has 36 heavy (non-hydrogen) atoms. The lowest BCUT2D eigenvalue weighted by Gasteiger charge is -2.28. The summed E-state index contributed by atoms with van der Waals surface area (Å²) in [5, 5.41) is 1.81. The lowest BCUT2D eigenvalue weighted by molar-refractivity contribution is -0.163. The maximum absolute atomic E-state index is 13.3. The predicted octanol–water partition coefficient (Wildman–Crippen LogP) is 4.65. The van der Waals surface area contributed by atoms with Crippen molar-refractivity contribution >= 4 is 35.0 Å². The second kappa shape index (κ2) is 13.3. The van der Waals surface area contributed by atoms with Crippen LogP contribution in [0.3, 0.4) is 0 Å². The Labute approximate surface area is 214 Å². The summed E-state index contributed by atoms with van der Waals surface area (Å²) in [4.78, 5) is 45.0. The molecule has 1 aromatic heterocycles. The normalized spacial score (nSPS) is 12.3. The summed E-state index contributed by atoms with van der Waals surface area (Å²) < 4.78 is 15.7. The highest BCUT2D eigenvalue weighted by atomic mass is 32.1. The Morgan fingerprint density at radius 3 is 1.72 bits per heavy atom. The van der Waals surface area contributed by atoms with E-state index in [1.54, 1.807) is 26.0 Å². The lowest BCUT2D eigenvalue weighted by Crippen LogP contribution is -2.41. The van der Waals surface area contributed by atoms with Crippen LogP contribution in [0.2, 0.25) is 0 Å². The van der Waals surface area contributed by atoms with E-state index in [0.29, 0.717) is 10.6 Å². The third kappa shape index (κ3) is 6.46. The van der Waals surface area contributed by atoms with E-state index in [1.807, 2.05) is 66.0 Å². The summed E-state index contributed by atoms with van der Waals surface area (Å²) >= 11 is 1.31. The van der Waals surface area contributed by atoms with Crippen LogP contribution < -0.4 is 0 Å². The molecular weight excluding hydrogens is 478 g/mol. The molecule has 1 heterocycles. The van der Waals surface area contributed by atoms with Crippen LogP contribution >= 0.6 is 11.3 Å². The van der Waals surface area contributed by atoms with Crippen molar-refractivity contribution in [2.75, 3.05) is 20.3 Å². The number of rotatable bonds is 11. The number of esters is 3. The topological polar surface area (TPSA) is 91.3 Å². The van der Waals surface area contributed by atoms with E-state index in [9.17, 15) is 14.4 Å². The van der Waals surface area contributed by atoms with Crippen LogP contribution in [0.5, 0.6) is 0 Å². The fourth-order valence-electron chi connectivity index (χ4n) is 3.88. The fraction of sp³-hybridized carbons (Fsp3) is 0.286. The minimum atomic E-state index is -1.41. The monoisotopic (exact) mass is 507 g/mol. The molecule has 3 aromatic rings. The van der Waals surface area contributed by atoms with Crippen LogP contribution in [0, 0.1) is 5.92 Å². The Kier molecular flexibility index (Phi) is 9.94. The Bertz CT molecular complexity index is 1100. The maximum atomic E-state index is 13.3. The van der Waals surface area contributed by atoms with Crippen molar-refractivity contribution in [3.05, 3.63) is 94.2 Å². The Morgan fingerprint density at radius 2 is 1.31 bits per heavy atom. The average molecular weight is 508 g/mol. The lowest BCUT2D eigenvalue weighted by atomic mass is 9.84. The highest BCUT2D eigenvalue weighted by molar-refractivity contribution is 7.10. The van der Waals surface area contributed by atoms with Crippen molar-refractivity contribution in [3.63, 3.8) is 0 Å². The summed E-state index contributed by atoms with van der Waals surface area (Å²) in [6.45, 7) is 3.44. The molecule has 0 radical (unpaired) electrons. The van der Waals surface area contributed by atoms with Crippen molar-refractivity contribution in [1.29, 1.82) is 0 Å². The van der Waals surface area contributed by atoms with Gasteiger partial charge >= 0.3 is 17.9 Å². The number of nitrogens with zero attached hydrogens (tertiary/aromatic N) is 1. The van der Waals surface area contributed by atoms with Gasteiger partial charge in [-0.1, -0.05) is 66.7 Å². The number of ether oxygens (including phenoxy) is 3. The molecule has 0 unspecified atom stereocenters. The zero-order valence-corrected chi connectivity index (χ0v) is 21.3. The summed E-state index contributed by atoms with van der Waals surface area (Å²) in [6.07, 6.45) is 0. The molecule has 0 N–H and O–H groups in total. The van der Waals surface area contributed by atoms with Gasteiger partial charge in [0.2, 0.25) is 0 Å². The van der Waals surface area contributed by atoms with Crippen molar-refractivity contribution in [3.8, 4) is 0 Å². The number of thiophene rings is 1. The number of hydrogen-bond donors (Lipinski definition) is 0. The first-order valence-corrected chi connectivity index (χ1v) is 12.5. The molecule has 0 saturated carbocycles. The van der Waals surface area contributed by atoms with Crippen LogP contribution in [-0.2, 0) is 28.6 Å². The minimum absolute atomic E-state index is 0.0668. The van der Waals surface area contributed by atoms with E-state index in [0.717, 1.165) is 11.1 Å². The molecule has 3 rings (SSSR count). The van der Waals surface area contributed by atoms with Crippen molar-refractivity contribution in [2.24, 2.45) is 10.9 Å². The summed E-state index contributed by atoms with van der Waals surface area (Å²) in [5.41, 5.74) is 2.07. The third-order valence-electron chi connectivity index (χ3n) is 5.46. The molecule has 2 atom stereocenters. The second-order valence-corrected chi connectivity index (χ2v) is 8.68. The molecule has 0 aliphatic heterocycles. The van der Waals surface area contributed by atoms with Crippen LogP contribution in [0.15, 0.2) is 83.2 Å². The van der Waals surface area contributed by atoms with Gasteiger partial charge < -0.3 is 14.2 Å². The number of hydrogen-bond acceptors (Lipinski definition) is 8. The Balaban J connectivity index is 2.26. The SMILES string of the molecule is CCOC(=O)C(C(=O)OCC)[C@H](c1cccs1)[C@H](N=C(c1ccccc1)c1ccccc1)C(=O)OC. The zero-order chi connectivity index (χ0) is 25.9. The quantitative estimate of drug-likeness (QED) is 0.162. The van der Waals surface area contributed by atoms with Gasteiger partial charge in [0, 0.05) is 16.0 Å². The number of carbonyl (C=O) groups excluding carboxylic acids is 3. The second-order valence-electron chi connectivity index (χ2n) is 7.70. The van der Waals surface area contributed by atoms with E-state index in [2.05, 4.69) is 0 Å². The maximum Gasteiger partial charge on any atom is 0.331 e. The highest BCUT2D eigenvalue weighted by Crippen LogP contribution is 2.36. The summed E-state index contributed by atoms with van der Waals surface area (Å²) in [7, 11) is 1.25. The van der Waals surface area contributed by atoms with Crippen LogP contribution in [-0.4, -0.2) is 50.0 Å². The first-order chi connectivity index (χ1) is 17.5. The number of methoxy groups -OCH3 is 1. The van der Waals surface area contributed by atoms with Crippen LogP contribution in [0.4, 0.5) is 0 Å². The van der Waals surface area contributed by atoms with Gasteiger partial charge in [-0.05, 0) is 25.3 Å². The standard InChI is InChI=1S/C28H29NO6S/c1-4-34-26(30)23(27(31)35-5-2)22(21-17-12-18-36-21)25(28(32)33-3)29-24(19-13-8-6-9-14-19)20-15-10-7-11-16-20/h6-18,22-23,25H,4-5H2,1-3H3/t22-,25-/m0/s1. The van der Waals surface area contributed by atoms with Gasteiger partial charge in [-0.15, -0.1) is 11.3 Å². The van der Waals surface area contributed by atoms with Crippen molar-refractivity contribution in [2.45, 2.75) is 25.8 Å². The number of carbonyl (C=O) groups is 3. The minimum Gasteiger partial charge on any atom is -0.467 e. The molecule has 0 bridgehead atoms. The molecular formula is C28H29NO6S. The van der Waals surface area contributed by atoms with Gasteiger partial charge in [0.1, 0.15) is 0 Å². The zero-order valence-electron chi connectivity index (χ0n) is 20.5. The smallest absolute Gasteiger partial charge is 0.331 e. The van der Waals surface area contributed by atoms with E-state index in [4.69, 9.17) is 19.2 Å². The van der Waals surface area contributed by atoms with E-state index >= 15 is 0 Å². The fourth-order valence-corrected chi connectivity index (χ4v) is 4.78. The Hall–Kier alpha value is -3.78. The molecule has 7 nitrogen and oxygen atoms in total. The van der Waals surface area contributed by atoms with Crippen molar-refractivity contribution < 1.29 is 28.6 Å². The molecule has 0 saturated heterocycles.